The second-order valence-electron chi connectivity index (χ2n) is 5.72. The van der Waals surface area contributed by atoms with E-state index in [0.717, 1.165) is 16.8 Å². The van der Waals surface area contributed by atoms with Crippen molar-refractivity contribution in [2.24, 2.45) is 5.92 Å². The van der Waals surface area contributed by atoms with Gasteiger partial charge in [0.2, 0.25) is 0 Å². The molecule has 1 N–H and O–H groups in total. The molecule has 1 aliphatic heterocycles. The Bertz CT molecular complexity index is 416. The molecule has 3 unspecified atom stereocenters. The Morgan fingerprint density at radius 3 is 2.83 bits per heavy atom. The average Bonchev–Trinajstić information content (AvgIpc) is 3.11. The Balaban J connectivity index is 1.72. The highest BCUT2D eigenvalue weighted by molar-refractivity contribution is 7.16. The van der Waals surface area contributed by atoms with Crippen LogP contribution in [0.3, 0.4) is 0 Å². The van der Waals surface area contributed by atoms with Gasteiger partial charge < -0.3 is 5.32 Å². The lowest BCUT2D eigenvalue weighted by Crippen LogP contribution is -2.56. The van der Waals surface area contributed by atoms with Crippen LogP contribution in [-0.2, 0) is 0 Å². The topological polar surface area (TPSA) is 15.3 Å². The van der Waals surface area contributed by atoms with Crippen molar-refractivity contribution in [2.75, 3.05) is 13.1 Å². The predicted octanol–water partition coefficient (Wildman–Crippen LogP) is 3.53. The number of hydrogen-bond donors (Lipinski definition) is 1. The minimum atomic E-state index is 0.487. The van der Waals surface area contributed by atoms with Gasteiger partial charge in [-0.2, -0.15) is 0 Å². The number of piperazine rings is 1. The molecule has 1 saturated carbocycles. The van der Waals surface area contributed by atoms with Crippen molar-refractivity contribution in [1.29, 1.82) is 0 Å². The van der Waals surface area contributed by atoms with Gasteiger partial charge in [-0.25, -0.2) is 0 Å². The molecule has 2 fully saturated rings. The van der Waals surface area contributed by atoms with Crippen LogP contribution in [0.15, 0.2) is 12.1 Å². The molecule has 4 heteroatoms. The minimum Gasteiger partial charge on any atom is -0.311 e. The summed E-state index contributed by atoms with van der Waals surface area (Å²) in [4.78, 5) is 4.03. The third-order valence-electron chi connectivity index (χ3n) is 4.34. The molecular formula is C14H21ClN2S. The maximum atomic E-state index is 6.06. The molecule has 2 aliphatic rings. The number of nitrogens with one attached hydrogen (secondary N) is 1. The molecule has 0 amide bonds. The summed E-state index contributed by atoms with van der Waals surface area (Å²) in [6.45, 7) is 6.93. The molecule has 18 heavy (non-hydrogen) atoms. The van der Waals surface area contributed by atoms with Gasteiger partial charge in [-0.3, -0.25) is 4.90 Å². The van der Waals surface area contributed by atoms with E-state index in [1.807, 2.05) is 6.07 Å². The summed E-state index contributed by atoms with van der Waals surface area (Å²) in [5.41, 5.74) is 0. The zero-order chi connectivity index (χ0) is 12.7. The van der Waals surface area contributed by atoms with Gasteiger partial charge in [0, 0.05) is 36.1 Å². The molecule has 100 valence electrons. The van der Waals surface area contributed by atoms with Gasteiger partial charge >= 0.3 is 0 Å². The zero-order valence-electron chi connectivity index (χ0n) is 11.0. The third kappa shape index (κ3) is 2.60. The fraction of sp³-hybridized carbons (Fsp3) is 0.714. The van der Waals surface area contributed by atoms with Gasteiger partial charge in [0.1, 0.15) is 0 Å². The molecule has 1 aromatic heterocycles. The van der Waals surface area contributed by atoms with Gasteiger partial charge in [-0.15, -0.1) is 11.3 Å². The van der Waals surface area contributed by atoms with Crippen LogP contribution in [0.25, 0.3) is 0 Å². The highest BCUT2D eigenvalue weighted by Crippen LogP contribution is 2.37. The van der Waals surface area contributed by atoms with Crippen LogP contribution in [-0.4, -0.2) is 30.1 Å². The first-order chi connectivity index (χ1) is 8.65. The van der Waals surface area contributed by atoms with Crippen LogP contribution >= 0.6 is 22.9 Å². The van der Waals surface area contributed by atoms with Crippen molar-refractivity contribution in [3.8, 4) is 0 Å². The maximum absolute atomic E-state index is 6.06. The lowest BCUT2D eigenvalue weighted by Gasteiger charge is -2.42. The molecule has 0 radical (unpaired) electrons. The second-order valence-corrected chi connectivity index (χ2v) is 7.46. The van der Waals surface area contributed by atoms with E-state index in [0.29, 0.717) is 18.1 Å². The first-order valence-electron chi connectivity index (χ1n) is 6.89. The first kappa shape index (κ1) is 12.9. The fourth-order valence-electron chi connectivity index (χ4n) is 2.98. The summed E-state index contributed by atoms with van der Waals surface area (Å²) in [6, 6.07) is 6.00. The summed E-state index contributed by atoms with van der Waals surface area (Å²) >= 11 is 7.78. The molecule has 3 atom stereocenters. The highest BCUT2D eigenvalue weighted by Gasteiger charge is 2.37. The summed E-state index contributed by atoms with van der Waals surface area (Å²) in [5.74, 6) is 0.930. The molecule has 1 aromatic rings. The molecule has 3 rings (SSSR count). The average molecular weight is 285 g/mol. The quantitative estimate of drug-likeness (QED) is 0.913. The molecule has 1 aliphatic carbocycles. The SMILES string of the molecule is CC1CNC(C2CC2)CN1C(C)c1ccc(Cl)s1. The normalized spacial score (nSPS) is 31.5. The van der Waals surface area contributed by atoms with Crippen molar-refractivity contribution >= 4 is 22.9 Å². The first-order valence-corrected chi connectivity index (χ1v) is 8.09. The Kier molecular flexibility index (Phi) is 3.68. The van der Waals surface area contributed by atoms with Gasteiger partial charge in [-0.1, -0.05) is 11.6 Å². The lowest BCUT2D eigenvalue weighted by atomic mass is 10.0. The van der Waals surface area contributed by atoms with Crippen LogP contribution in [0, 0.1) is 5.92 Å². The summed E-state index contributed by atoms with van der Waals surface area (Å²) in [7, 11) is 0. The van der Waals surface area contributed by atoms with Gasteiger partial charge in [-0.05, 0) is 44.7 Å². The van der Waals surface area contributed by atoms with Crippen LogP contribution in [0.1, 0.15) is 37.6 Å². The number of hydrogen-bond acceptors (Lipinski definition) is 3. The number of halogens is 1. The molecule has 1 saturated heterocycles. The smallest absolute Gasteiger partial charge is 0.0931 e. The Labute approximate surface area is 118 Å². The van der Waals surface area contributed by atoms with E-state index in [4.69, 9.17) is 11.6 Å². The van der Waals surface area contributed by atoms with E-state index >= 15 is 0 Å². The van der Waals surface area contributed by atoms with Gasteiger partial charge in [0.05, 0.1) is 4.34 Å². The second kappa shape index (κ2) is 5.12. The Hall–Kier alpha value is -0.0900. The lowest BCUT2D eigenvalue weighted by molar-refractivity contribution is 0.0940. The van der Waals surface area contributed by atoms with Crippen LogP contribution < -0.4 is 5.32 Å². The maximum Gasteiger partial charge on any atom is 0.0931 e. The summed E-state index contributed by atoms with van der Waals surface area (Å²) in [5, 5.41) is 3.71. The van der Waals surface area contributed by atoms with Gasteiger partial charge in [0.25, 0.3) is 0 Å². The zero-order valence-corrected chi connectivity index (χ0v) is 12.6. The highest BCUT2D eigenvalue weighted by atomic mass is 35.5. The summed E-state index contributed by atoms with van der Waals surface area (Å²) in [6.07, 6.45) is 2.83. The molecule has 0 spiro atoms. The third-order valence-corrected chi connectivity index (χ3v) is 5.74. The van der Waals surface area contributed by atoms with Crippen molar-refractivity contribution in [2.45, 2.75) is 44.8 Å². The van der Waals surface area contributed by atoms with Crippen molar-refractivity contribution < 1.29 is 0 Å². The molecule has 2 nitrogen and oxygen atoms in total. The number of thiophene rings is 1. The molecule has 2 heterocycles. The molecule has 0 aromatic carbocycles. The van der Waals surface area contributed by atoms with Crippen LogP contribution in [0.5, 0.6) is 0 Å². The van der Waals surface area contributed by atoms with Gasteiger partial charge in [0.15, 0.2) is 0 Å². The van der Waals surface area contributed by atoms with E-state index in [9.17, 15) is 0 Å². The van der Waals surface area contributed by atoms with E-state index < -0.39 is 0 Å². The van der Waals surface area contributed by atoms with Crippen LogP contribution in [0.4, 0.5) is 0 Å². The van der Waals surface area contributed by atoms with Crippen molar-refractivity contribution in [1.82, 2.24) is 10.2 Å². The largest absolute Gasteiger partial charge is 0.311 e. The van der Waals surface area contributed by atoms with E-state index in [2.05, 4.69) is 30.1 Å². The van der Waals surface area contributed by atoms with E-state index in [-0.39, 0.29) is 0 Å². The van der Waals surface area contributed by atoms with Crippen molar-refractivity contribution in [3.63, 3.8) is 0 Å². The van der Waals surface area contributed by atoms with Crippen LogP contribution in [0.2, 0.25) is 4.34 Å². The van der Waals surface area contributed by atoms with E-state index in [1.54, 1.807) is 11.3 Å². The van der Waals surface area contributed by atoms with E-state index in [1.165, 1.54) is 24.3 Å². The molecule has 0 bridgehead atoms. The fourth-order valence-corrected chi connectivity index (χ4v) is 4.11. The Morgan fingerprint density at radius 1 is 1.44 bits per heavy atom. The minimum absolute atomic E-state index is 0.487. The number of rotatable bonds is 3. The van der Waals surface area contributed by atoms with Crippen molar-refractivity contribution in [3.05, 3.63) is 21.3 Å². The monoisotopic (exact) mass is 284 g/mol. The standard InChI is InChI=1S/C14H21ClN2S/c1-9-7-16-12(11-3-4-11)8-17(9)10(2)13-5-6-14(15)18-13/h5-6,9-12,16H,3-4,7-8H2,1-2H3. The predicted molar refractivity (Wildman–Crippen MR) is 78.4 cm³/mol. The molecular weight excluding hydrogens is 264 g/mol. The number of nitrogens with zero attached hydrogens (tertiary/aromatic N) is 1. The Morgan fingerprint density at radius 2 is 2.22 bits per heavy atom. The summed E-state index contributed by atoms with van der Waals surface area (Å²) < 4.78 is 0.901.